The summed E-state index contributed by atoms with van der Waals surface area (Å²) in [7, 11) is -1.39. The molecule has 3 heterocycles. The molecule has 1 aliphatic rings. The highest BCUT2D eigenvalue weighted by molar-refractivity contribution is 7.91. The van der Waals surface area contributed by atoms with Crippen LogP contribution in [0.4, 0.5) is 37.7 Å². The number of halogens is 6. The lowest BCUT2D eigenvalue weighted by Crippen LogP contribution is -2.44. The van der Waals surface area contributed by atoms with Crippen LogP contribution in [0, 0.1) is 12.8 Å². The van der Waals surface area contributed by atoms with Crippen LogP contribution in [-0.4, -0.2) is 67.2 Å². The Balaban J connectivity index is 1.63. The number of thiazole rings is 1. The number of anilines is 2. The number of pyridine rings is 1. The highest BCUT2D eigenvalue weighted by atomic mass is 32.2. The van der Waals surface area contributed by atoms with Gasteiger partial charge in [0.05, 0.1) is 28.4 Å². The number of amides is 1. The van der Waals surface area contributed by atoms with Crippen LogP contribution >= 0.6 is 11.3 Å². The second-order valence-electron chi connectivity index (χ2n) is 9.70. The van der Waals surface area contributed by atoms with Gasteiger partial charge < -0.3 is 15.0 Å². The molecule has 1 fully saturated rings. The number of fused-ring (bicyclic) bond motifs is 1. The van der Waals surface area contributed by atoms with Crippen molar-refractivity contribution in [3.63, 3.8) is 0 Å². The number of methoxy groups -OCH3 is 1. The van der Waals surface area contributed by atoms with E-state index in [-0.39, 0.29) is 57.2 Å². The van der Waals surface area contributed by atoms with Gasteiger partial charge in [0.2, 0.25) is 5.91 Å². The van der Waals surface area contributed by atoms with Crippen molar-refractivity contribution < 1.29 is 44.3 Å². The third-order valence-corrected chi connectivity index (χ3v) is 9.42. The SMILES string of the molecule is CO[C@@H](c1c(Nc2ccc([C@H](N(C)C(=O)C3CCS(=O)(=O)CC3)C(F)(F)F)cc2)cnc2sc(C)nc12)C(F)(F)F. The van der Waals surface area contributed by atoms with Crippen molar-refractivity contribution in [2.75, 3.05) is 31.0 Å². The van der Waals surface area contributed by atoms with Gasteiger partial charge in [0.1, 0.15) is 20.2 Å². The van der Waals surface area contributed by atoms with Crippen LogP contribution in [0.2, 0.25) is 0 Å². The number of rotatable bonds is 7. The third kappa shape index (κ3) is 6.75. The quantitative estimate of drug-likeness (QED) is 0.328. The topological polar surface area (TPSA) is 101 Å². The molecule has 4 rings (SSSR count). The zero-order chi connectivity index (χ0) is 30.3. The number of alkyl halides is 6. The fraction of sp³-hybridized carbons (Fsp3) is 0.480. The van der Waals surface area contributed by atoms with E-state index in [1.165, 1.54) is 18.3 Å². The molecule has 1 aromatic carbocycles. The highest BCUT2D eigenvalue weighted by Crippen LogP contribution is 2.44. The Morgan fingerprint density at radius 1 is 1.10 bits per heavy atom. The molecule has 0 unspecified atom stereocenters. The largest absolute Gasteiger partial charge is 0.419 e. The van der Waals surface area contributed by atoms with Crippen LogP contribution < -0.4 is 5.32 Å². The lowest BCUT2D eigenvalue weighted by Gasteiger charge is -2.34. The lowest BCUT2D eigenvalue weighted by atomic mass is 9.98. The Morgan fingerprint density at radius 3 is 2.24 bits per heavy atom. The predicted molar refractivity (Wildman–Crippen MR) is 141 cm³/mol. The van der Waals surface area contributed by atoms with Crippen molar-refractivity contribution in [1.82, 2.24) is 14.9 Å². The molecule has 0 radical (unpaired) electrons. The van der Waals surface area contributed by atoms with Crippen LogP contribution in [0.25, 0.3) is 10.3 Å². The van der Waals surface area contributed by atoms with E-state index in [0.29, 0.717) is 9.91 Å². The monoisotopic (exact) mass is 624 g/mol. The van der Waals surface area contributed by atoms with Gasteiger partial charge >= 0.3 is 12.4 Å². The summed E-state index contributed by atoms with van der Waals surface area (Å²) in [6.45, 7) is 1.62. The second-order valence-corrected chi connectivity index (χ2v) is 13.2. The van der Waals surface area contributed by atoms with Gasteiger partial charge in [0, 0.05) is 31.3 Å². The minimum atomic E-state index is -4.86. The minimum absolute atomic E-state index is 0.00826. The molecule has 16 heteroatoms. The smallest absolute Gasteiger partial charge is 0.367 e. The zero-order valence-corrected chi connectivity index (χ0v) is 23.6. The number of sulfone groups is 1. The first kappa shape index (κ1) is 31.0. The van der Waals surface area contributed by atoms with Gasteiger partial charge in [-0.15, -0.1) is 0 Å². The van der Waals surface area contributed by atoms with Crippen molar-refractivity contribution in [2.24, 2.45) is 5.92 Å². The van der Waals surface area contributed by atoms with Crippen molar-refractivity contribution in [3.8, 4) is 0 Å². The molecule has 0 spiro atoms. The first-order valence-corrected chi connectivity index (χ1v) is 14.9. The van der Waals surface area contributed by atoms with Crippen molar-refractivity contribution in [3.05, 3.63) is 46.6 Å². The van der Waals surface area contributed by atoms with Gasteiger partial charge in [-0.3, -0.25) is 4.79 Å². The lowest BCUT2D eigenvalue weighted by molar-refractivity contribution is -0.215. The van der Waals surface area contributed by atoms with E-state index in [2.05, 4.69) is 15.3 Å². The highest BCUT2D eigenvalue weighted by Gasteiger charge is 2.47. The van der Waals surface area contributed by atoms with Crippen LogP contribution in [0.3, 0.4) is 0 Å². The van der Waals surface area contributed by atoms with E-state index in [0.717, 1.165) is 37.6 Å². The van der Waals surface area contributed by atoms with E-state index in [1.807, 2.05) is 0 Å². The molecule has 0 bridgehead atoms. The van der Waals surface area contributed by atoms with Crippen LogP contribution in [0.15, 0.2) is 30.5 Å². The average Bonchev–Trinajstić information content (AvgIpc) is 3.25. The van der Waals surface area contributed by atoms with E-state index >= 15 is 0 Å². The molecule has 1 saturated heterocycles. The number of carbonyl (C=O) groups excluding carboxylic acids is 1. The molecule has 2 aromatic heterocycles. The summed E-state index contributed by atoms with van der Waals surface area (Å²) in [6.07, 6.45) is -10.9. The first-order valence-electron chi connectivity index (χ1n) is 12.3. The Morgan fingerprint density at radius 2 is 1.71 bits per heavy atom. The van der Waals surface area contributed by atoms with Crippen molar-refractivity contribution >= 4 is 48.8 Å². The number of hydrogen-bond acceptors (Lipinski definition) is 8. The number of hydrogen-bond donors (Lipinski definition) is 1. The summed E-state index contributed by atoms with van der Waals surface area (Å²) >= 11 is 1.10. The molecule has 224 valence electrons. The number of nitrogens with one attached hydrogen (secondary N) is 1. The Hall–Kier alpha value is -2.98. The van der Waals surface area contributed by atoms with Crippen LogP contribution in [-0.2, 0) is 19.4 Å². The maximum Gasteiger partial charge on any atom is 0.419 e. The molecule has 41 heavy (non-hydrogen) atoms. The van der Waals surface area contributed by atoms with Gasteiger partial charge in [0.25, 0.3) is 0 Å². The van der Waals surface area contributed by atoms with Crippen LogP contribution in [0.5, 0.6) is 0 Å². The molecule has 3 aromatic rings. The fourth-order valence-electron chi connectivity index (χ4n) is 4.87. The Bertz CT molecular complexity index is 1510. The molecular formula is C25H26F6N4O4S2. The maximum absolute atomic E-state index is 14.2. The van der Waals surface area contributed by atoms with Gasteiger partial charge in [-0.05, 0) is 37.5 Å². The standard InChI is InChI=1S/C25H26F6N4O4S2/c1-13-33-19-18(21(39-3)25(29,30)31)17(12-32-22(19)40-13)34-16-6-4-14(5-7-16)20(24(26,27)28)35(2)23(36)15-8-10-41(37,38)11-9-15/h4-7,12,15,20-21,34H,8-11H2,1-3H3/t20-,21-/m0/s1. The number of carbonyl (C=O) groups is 1. The summed E-state index contributed by atoms with van der Waals surface area (Å²) in [5.41, 5.74) is -0.534. The third-order valence-electron chi connectivity index (χ3n) is 6.82. The minimum Gasteiger partial charge on any atom is -0.367 e. The summed E-state index contributed by atoms with van der Waals surface area (Å²) in [5, 5.41) is 3.27. The molecule has 0 saturated carbocycles. The number of ether oxygens (including phenoxy) is 1. The summed E-state index contributed by atoms with van der Waals surface area (Å²) < 4.78 is 112. The van der Waals surface area contributed by atoms with Gasteiger partial charge in [-0.1, -0.05) is 23.5 Å². The molecular weight excluding hydrogens is 598 g/mol. The predicted octanol–water partition coefficient (Wildman–Crippen LogP) is 5.88. The Kier molecular flexibility index (Phi) is 8.58. The summed E-state index contributed by atoms with van der Waals surface area (Å²) in [4.78, 5) is 22.1. The fourth-order valence-corrected chi connectivity index (χ4v) is 7.13. The van der Waals surface area contributed by atoms with E-state index in [4.69, 9.17) is 4.74 Å². The number of aromatic nitrogens is 2. The average molecular weight is 625 g/mol. The van der Waals surface area contributed by atoms with Gasteiger partial charge in [-0.2, -0.15) is 26.3 Å². The van der Waals surface area contributed by atoms with Crippen molar-refractivity contribution in [1.29, 1.82) is 0 Å². The molecule has 1 aliphatic heterocycles. The molecule has 2 atom stereocenters. The van der Waals surface area contributed by atoms with E-state index in [1.54, 1.807) is 6.92 Å². The first-order chi connectivity index (χ1) is 19.0. The molecule has 1 N–H and O–H groups in total. The maximum atomic E-state index is 14.2. The second kappa shape index (κ2) is 11.4. The Labute approximate surface area is 235 Å². The van der Waals surface area contributed by atoms with E-state index in [9.17, 15) is 39.6 Å². The number of nitrogens with zero attached hydrogens (tertiary/aromatic N) is 3. The summed E-state index contributed by atoms with van der Waals surface area (Å²) in [6, 6.07) is 2.40. The van der Waals surface area contributed by atoms with Crippen LogP contribution in [0.1, 0.15) is 41.1 Å². The zero-order valence-electron chi connectivity index (χ0n) is 22.0. The molecule has 8 nitrogen and oxygen atoms in total. The number of aryl methyl sites for hydroxylation is 1. The van der Waals surface area contributed by atoms with Gasteiger partial charge in [-0.25, -0.2) is 18.4 Å². The van der Waals surface area contributed by atoms with Gasteiger partial charge in [0.15, 0.2) is 12.1 Å². The normalized spacial score (nSPS) is 17.8. The number of benzene rings is 1. The van der Waals surface area contributed by atoms with Crippen molar-refractivity contribution in [2.45, 2.75) is 44.3 Å². The molecule has 0 aliphatic carbocycles. The summed E-state index contributed by atoms with van der Waals surface area (Å²) in [5.74, 6) is -2.21. The van der Waals surface area contributed by atoms with E-state index < -0.39 is 46.2 Å². The molecule has 1 amide bonds.